The number of sulfonamides is 1. The molecule has 6 heteroatoms. The molecule has 0 bridgehead atoms. The Balaban J connectivity index is 2.64. The van der Waals surface area contributed by atoms with Gasteiger partial charge >= 0.3 is 5.97 Å². The third-order valence-electron chi connectivity index (χ3n) is 3.30. The maximum absolute atomic E-state index is 12.1. The van der Waals surface area contributed by atoms with E-state index in [0.29, 0.717) is 12.5 Å². The molecule has 0 spiro atoms. The van der Waals surface area contributed by atoms with Crippen LogP contribution in [0.25, 0.3) is 0 Å². The van der Waals surface area contributed by atoms with E-state index in [4.69, 9.17) is 4.74 Å². The van der Waals surface area contributed by atoms with Crippen LogP contribution in [0.2, 0.25) is 0 Å². The first-order valence-electron chi connectivity index (χ1n) is 7.16. The minimum atomic E-state index is -3.58. The summed E-state index contributed by atoms with van der Waals surface area (Å²) in [6.07, 6.45) is 1.03. The summed E-state index contributed by atoms with van der Waals surface area (Å²) >= 11 is 0. The zero-order valence-electron chi connectivity index (χ0n) is 12.8. The quantitative estimate of drug-likeness (QED) is 0.748. The first-order valence-corrected chi connectivity index (χ1v) is 8.64. The van der Waals surface area contributed by atoms with Gasteiger partial charge in [-0.25, -0.2) is 13.1 Å². The molecule has 0 aliphatic heterocycles. The highest BCUT2D eigenvalue weighted by Gasteiger charge is 2.15. The summed E-state index contributed by atoms with van der Waals surface area (Å²) in [5.74, 6) is -0.00848. The van der Waals surface area contributed by atoms with Gasteiger partial charge in [-0.2, -0.15) is 0 Å². The van der Waals surface area contributed by atoms with E-state index in [0.717, 1.165) is 12.0 Å². The van der Waals surface area contributed by atoms with E-state index < -0.39 is 16.0 Å². The number of hydrogen-bond acceptors (Lipinski definition) is 4. The normalized spacial score (nSPS) is 12.9. The molecular formula is C15H23NO4S. The Morgan fingerprint density at radius 1 is 1.24 bits per heavy atom. The third kappa shape index (κ3) is 5.47. The van der Waals surface area contributed by atoms with Crippen molar-refractivity contribution in [1.82, 2.24) is 4.72 Å². The van der Waals surface area contributed by atoms with Crippen LogP contribution in [0.5, 0.6) is 0 Å². The number of rotatable bonds is 8. The van der Waals surface area contributed by atoms with Crippen molar-refractivity contribution in [2.75, 3.05) is 13.2 Å². The molecule has 0 radical (unpaired) electrons. The Morgan fingerprint density at radius 2 is 1.86 bits per heavy atom. The van der Waals surface area contributed by atoms with Crippen molar-refractivity contribution < 1.29 is 17.9 Å². The number of esters is 1. The SMILES string of the molecule is CCOC(=O)CCNS(=O)(=O)c1ccc(C(C)CC)cc1. The summed E-state index contributed by atoms with van der Waals surface area (Å²) in [4.78, 5) is 11.4. The van der Waals surface area contributed by atoms with Gasteiger partial charge in [-0.05, 0) is 37.0 Å². The predicted molar refractivity (Wildman–Crippen MR) is 81.6 cm³/mol. The van der Waals surface area contributed by atoms with E-state index >= 15 is 0 Å². The van der Waals surface area contributed by atoms with Crippen molar-refractivity contribution in [3.8, 4) is 0 Å². The number of benzene rings is 1. The average molecular weight is 313 g/mol. The molecule has 118 valence electrons. The molecule has 1 aromatic rings. The second kappa shape index (κ2) is 8.14. The standard InChI is InChI=1S/C15H23NO4S/c1-4-12(3)13-6-8-14(9-7-13)21(18,19)16-11-10-15(17)20-5-2/h6-9,12,16H,4-5,10-11H2,1-3H3. The number of ether oxygens (including phenoxy) is 1. The second-order valence-electron chi connectivity index (χ2n) is 4.83. The van der Waals surface area contributed by atoms with Crippen LogP contribution in [0.3, 0.4) is 0 Å². The Kier molecular flexibility index (Phi) is 6.84. The largest absolute Gasteiger partial charge is 0.466 e. The summed E-state index contributed by atoms with van der Waals surface area (Å²) in [7, 11) is -3.58. The lowest BCUT2D eigenvalue weighted by atomic mass is 9.99. The monoisotopic (exact) mass is 313 g/mol. The number of carbonyl (C=O) groups is 1. The molecule has 0 saturated heterocycles. The minimum Gasteiger partial charge on any atom is -0.466 e. The van der Waals surface area contributed by atoms with Crippen LogP contribution in [0.15, 0.2) is 29.2 Å². The molecule has 0 heterocycles. The smallest absolute Gasteiger partial charge is 0.307 e. The lowest BCUT2D eigenvalue weighted by molar-refractivity contribution is -0.142. The third-order valence-corrected chi connectivity index (χ3v) is 4.78. The molecule has 5 nitrogen and oxygen atoms in total. The molecule has 0 aliphatic carbocycles. The number of hydrogen-bond donors (Lipinski definition) is 1. The predicted octanol–water partition coefficient (Wildman–Crippen LogP) is 2.43. The fraction of sp³-hybridized carbons (Fsp3) is 0.533. The fourth-order valence-corrected chi connectivity index (χ4v) is 2.85. The van der Waals surface area contributed by atoms with Crippen molar-refractivity contribution in [1.29, 1.82) is 0 Å². The van der Waals surface area contributed by atoms with Crippen LogP contribution < -0.4 is 4.72 Å². The van der Waals surface area contributed by atoms with E-state index in [1.54, 1.807) is 19.1 Å². The molecule has 1 aromatic carbocycles. The highest BCUT2D eigenvalue weighted by atomic mass is 32.2. The van der Waals surface area contributed by atoms with Crippen LogP contribution in [-0.2, 0) is 19.6 Å². The molecule has 21 heavy (non-hydrogen) atoms. The molecule has 0 amide bonds. The molecule has 1 atom stereocenters. The van der Waals surface area contributed by atoms with E-state index in [1.807, 2.05) is 12.1 Å². The highest BCUT2D eigenvalue weighted by Crippen LogP contribution is 2.20. The number of nitrogens with one attached hydrogen (secondary N) is 1. The van der Waals surface area contributed by atoms with Crippen LogP contribution >= 0.6 is 0 Å². The average Bonchev–Trinajstić information content (AvgIpc) is 2.46. The van der Waals surface area contributed by atoms with Crippen LogP contribution in [0.4, 0.5) is 0 Å². The van der Waals surface area contributed by atoms with Gasteiger partial charge in [0.15, 0.2) is 0 Å². The topological polar surface area (TPSA) is 72.5 Å². The van der Waals surface area contributed by atoms with Gasteiger partial charge in [0.1, 0.15) is 0 Å². The lowest BCUT2D eigenvalue weighted by Gasteiger charge is -2.10. The van der Waals surface area contributed by atoms with Gasteiger partial charge in [0.05, 0.1) is 17.9 Å². The summed E-state index contributed by atoms with van der Waals surface area (Å²) in [6.45, 7) is 6.23. The molecular weight excluding hydrogens is 290 g/mol. The van der Waals surface area contributed by atoms with Gasteiger partial charge in [-0.15, -0.1) is 0 Å². The minimum absolute atomic E-state index is 0.0258. The van der Waals surface area contributed by atoms with Crippen molar-refractivity contribution in [2.45, 2.75) is 44.4 Å². The van der Waals surface area contributed by atoms with E-state index in [9.17, 15) is 13.2 Å². The van der Waals surface area contributed by atoms with Gasteiger partial charge in [-0.1, -0.05) is 26.0 Å². The Bertz CT molecular complexity index is 552. The Labute approximate surface area is 126 Å². The highest BCUT2D eigenvalue weighted by molar-refractivity contribution is 7.89. The van der Waals surface area contributed by atoms with Gasteiger partial charge in [0, 0.05) is 6.54 Å². The van der Waals surface area contributed by atoms with E-state index in [1.165, 1.54) is 0 Å². The second-order valence-corrected chi connectivity index (χ2v) is 6.60. The van der Waals surface area contributed by atoms with Gasteiger partial charge in [-0.3, -0.25) is 4.79 Å². The fourth-order valence-electron chi connectivity index (χ4n) is 1.82. The molecule has 1 unspecified atom stereocenters. The van der Waals surface area contributed by atoms with Gasteiger partial charge < -0.3 is 4.74 Å². The summed E-state index contributed by atoms with van der Waals surface area (Å²) in [6, 6.07) is 6.84. The Hall–Kier alpha value is -1.40. The van der Waals surface area contributed by atoms with Crippen molar-refractivity contribution in [3.63, 3.8) is 0 Å². The van der Waals surface area contributed by atoms with E-state index in [2.05, 4.69) is 18.6 Å². The molecule has 0 saturated carbocycles. The first kappa shape index (κ1) is 17.7. The van der Waals surface area contributed by atoms with Gasteiger partial charge in [0.25, 0.3) is 0 Å². The Morgan fingerprint density at radius 3 is 2.38 bits per heavy atom. The zero-order valence-corrected chi connectivity index (χ0v) is 13.6. The summed E-state index contributed by atoms with van der Waals surface area (Å²) in [5.41, 5.74) is 1.11. The van der Waals surface area contributed by atoms with E-state index in [-0.39, 0.29) is 17.9 Å². The maximum Gasteiger partial charge on any atom is 0.307 e. The zero-order chi connectivity index (χ0) is 15.9. The van der Waals surface area contributed by atoms with Crippen molar-refractivity contribution >= 4 is 16.0 Å². The number of carbonyl (C=O) groups excluding carboxylic acids is 1. The van der Waals surface area contributed by atoms with Crippen LogP contribution in [-0.4, -0.2) is 27.5 Å². The summed E-state index contributed by atoms with van der Waals surface area (Å²) in [5, 5.41) is 0. The van der Waals surface area contributed by atoms with Crippen molar-refractivity contribution in [3.05, 3.63) is 29.8 Å². The maximum atomic E-state index is 12.1. The molecule has 1 N–H and O–H groups in total. The molecule has 1 rings (SSSR count). The van der Waals surface area contributed by atoms with Crippen LogP contribution in [0, 0.1) is 0 Å². The molecule has 0 aromatic heterocycles. The summed E-state index contributed by atoms with van der Waals surface area (Å²) < 4.78 is 31.3. The van der Waals surface area contributed by atoms with Crippen molar-refractivity contribution in [2.24, 2.45) is 0 Å². The molecule has 0 aliphatic rings. The lowest BCUT2D eigenvalue weighted by Crippen LogP contribution is -2.26. The first-order chi connectivity index (χ1) is 9.90. The molecule has 0 fully saturated rings. The van der Waals surface area contributed by atoms with Gasteiger partial charge in [0.2, 0.25) is 10.0 Å². The van der Waals surface area contributed by atoms with Crippen LogP contribution in [0.1, 0.15) is 45.1 Å².